The molecule has 5 rings (SSSR count). The van der Waals surface area contributed by atoms with E-state index in [2.05, 4.69) is 11.1 Å². The van der Waals surface area contributed by atoms with Crippen molar-refractivity contribution in [2.24, 2.45) is 0 Å². The lowest BCUT2D eigenvalue weighted by Gasteiger charge is -2.08. The molecule has 0 fully saturated rings. The van der Waals surface area contributed by atoms with Crippen LogP contribution in [0.1, 0.15) is 15.9 Å². The molecular formula is C22H13NO. The van der Waals surface area contributed by atoms with E-state index in [-0.39, 0.29) is 5.78 Å². The summed E-state index contributed by atoms with van der Waals surface area (Å²) in [6.45, 7) is 0. The quantitative estimate of drug-likeness (QED) is 0.430. The highest BCUT2D eigenvalue weighted by Crippen LogP contribution is 2.40. The summed E-state index contributed by atoms with van der Waals surface area (Å²) in [5.41, 5.74) is 5.59. The van der Waals surface area contributed by atoms with Crippen LogP contribution in [0.3, 0.4) is 0 Å². The van der Waals surface area contributed by atoms with Gasteiger partial charge in [0, 0.05) is 28.3 Å². The van der Waals surface area contributed by atoms with E-state index in [1.807, 2.05) is 72.9 Å². The molecule has 4 aromatic rings. The van der Waals surface area contributed by atoms with Crippen LogP contribution in [0.2, 0.25) is 0 Å². The predicted octanol–water partition coefficient (Wildman–Crippen LogP) is 5.11. The number of benzene rings is 3. The molecule has 0 saturated carbocycles. The van der Waals surface area contributed by atoms with Crippen molar-refractivity contribution >= 4 is 16.6 Å². The zero-order chi connectivity index (χ0) is 16.1. The summed E-state index contributed by atoms with van der Waals surface area (Å²) in [4.78, 5) is 17.3. The van der Waals surface area contributed by atoms with Crippen molar-refractivity contribution in [3.05, 3.63) is 90.1 Å². The fraction of sp³-hybridized carbons (Fsp3) is 0. The molecule has 0 spiro atoms. The summed E-state index contributed by atoms with van der Waals surface area (Å²) < 4.78 is 0. The Hall–Kier alpha value is -3.26. The number of nitrogens with zero attached hydrogens (tertiary/aromatic N) is 1. The molecule has 1 aliphatic carbocycles. The lowest BCUT2D eigenvalue weighted by atomic mass is 9.98. The summed E-state index contributed by atoms with van der Waals surface area (Å²) in [7, 11) is 0. The Kier molecular flexibility index (Phi) is 2.68. The number of aromatic nitrogens is 1. The molecule has 0 N–H and O–H groups in total. The predicted molar refractivity (Wildman–Crippen MR) is 96.0 cm³/mol. The van der Waals surface area contributed by atoms with E-state index < -0.39 is 0 Å². The maximum atomic E-state index is 12.8. The van der Waals surface area contributed by atoms with Gasteiger partial charge >= 0.3 is 0 Å². The van der Waals surface area contributed by atoms with Gasteiger partial charge in [0.05, 0.1) is 5.69 Å². The molecule has 0 radical (unpaired) electrons. The molecule has 0 bridgehead atoms. The van der Waals surface area contributed by atoms with E-state index in [1.165, 1.54) is 0 Å². The molecule has 3 aromatic carbocycles. The van der Waals surface area contributed by atoms with Crippen LogP contribution in [0.5, 0.6) is 0 Å². The first-order valence-corrected chi connectivity index (χ1v) is 7.95. The van der Waals surface area contributed by atoms with Gasteiger partial charge in [-0.25, -0.2) is 0 Å². The standard InChI is InChI=1S/C22H13NO/c24-22-17-9-5-4-8-16(17)19-12-15-10-11-23-21(18(15)13-20(19)22)14-6-2-1-3-7-14/h1-13H. The van der Waals surface area contributed by atoms with Crippen molar-refractivity contribution in [1.29, 1.82) is 0 Å². The SMILES string of the molecule is O=C1c2ccccc2-c2cc3ccnc(-c4ccccc4)c3cc21. The van der Waals surface area contributed by atoms with Crippen LogP contribution in [0.15, 0.2) is 79.0 Å². The van der Waals surface area contributed by atoms with E-state index >= 15 is 0 Å². The number of carbonyl (C=O) groups is 1. The molecule has 112 valence electrons. The molecule has 24 heavy (non-hydrogen) atoms. The molecule has 0 amide bonds. The minimum absolute atomic E-state index is 0.102. The second-order valence-corrected chi connectivity index (χ2v) is 6.02. The first-order valence-electron chi connectivity index (χ1n) is 7.95. The van der Waals surface area contributed by atoms with Crippen molar-refractivity contribution in [3.8, 4) is 22.4 Å². The van der Waals surface area contributed by atoms with Gasteiger partial charge in [0.15, 0.2) is 5.78 Å². The molecular weight excluding hydrogens is 294 g/mol. The molecule has 1 aromatic heterocycles. The van der Waals surface area contributed by atoms with Crippen LogP contribution >= 0.6 is 0 Å². The maximum absolute atomic E-state index is 12.8. The monoisotopic (exact) mass is 307 g/mol. The lowest BCUT2D eigenvalue weighted by Crippen LogP contribution is -1.95. The number of fused-ring (bicyclic) bond motifs is 4. The van der Waals surface area contributed by atoms with Gasteiger partial charge in [-0.1, -0.05) is 54.6 Å². The highest BCUT2D eigenvalue weighted by molar-refractivity contribution is 6.23. The molecule has 0 aliphatic heterocycles. The average Bonchev–Trinajstić information content (AvgIpc) is 2.93. The number of carbonyl (C=O) groups excluding carboxylic acids is 1. The van der Waals surface area contributed by atoms with Gasteiger partial charge in [-0.2, -0.15) is 0 Å². The first-order chi connectivity index (χ1) is 11.8. The van der Waals surface area contributed by atoms with Crippen LogP contribution in [0, 0.1) is 0 Å². The molecule has 2 heteroatoms. The number of ketones is 1. The van der Waals surface area contributed by atoms with Crippen molar-refractivity contribution in [1.82, 2.24) is 4.98 Å². The van der Waals surface area contributed by atoms with Crippen LogP contribution in [-0.4, -0.2) is 10.8 Å². The van der Waals surface area contributed by atoms with Crippen LogP contribution in [0.25, 0.3) is 33.2 Å². The molecule has 2 nitrogen and oxygen atoms in total. The smallest absolute Gasteiger partial charge is 0.194 e. The Labute approximate surface area is 139 Å². The molecule has 1 aliphatic rings. The summed E-state index contributed by atoms with van der Waals surface area (Å²) in [5.74, 6) is 0.102. The normalized spacial score (nSPS) is 12.2. The Morgan fingerprint density at radius 1 is 0.667 bits per heavy atom. The van der Waals surface area contributed by atoms with Gasteiger partial charge in [0.1, 0.15) is 0 Å². The van der Waals surface area contributed by atoms with Gasteiger partial charge in [0.25, 0.3) is 0 Å². The van der Waals surface area contributed by atoms with E-state index in [0.717, 1.165) is 44.3 Å². The van der Waals surface area contributed by atoms with Crippen LogP contribution < -0.4 is 0 Å². The van der Waals surface area contributed by atoms with Gasteiger partial charge < -0.3 is 0 Å². The molecule has 0 atom stereocenters. The van der Waals surface area contributed by atoms with Crippen molar-refractivity contribution in [2.75, 3.05) is 0 Å². The maximum Gasteiger partial charge on any atom is 0.194 e. The zero-order valence-electron chi connectivity index (χ0n) is 12.9. The van der Waals surface area contributed by atoms with Gasteiger partial charge in [-0.3, -0.25) is 9.78 Å². The molecule has 1 heterocycles. The first kappa shape index (κ1) is 13.2. The largest absolute Gasteiger partial charge is 0.289 e. The minimum Gasteiger partial charge on any atom is -0.289 e. The van der Waals surface area contributed by atoms with E-state index in [0.29, 0.717) is 0 Å². The number of rotatable bonds is 1. The van der Waals surface area contributed by atoms with Crippen molar-refractivity contribution in [3.63, 3.8) is 0 Å². The highest BCUT2D eigenvalue weighted by atomic mass is 16.1. The number of pyridine rings is 1. The van der Waals surface area contributed by atoms with Gasteiger partial charge in [-0.05, 0) is 34.7 Å². The summed E-state index contributed by atoms with van der Waals surface area (Å²) in [6.07, 6.45) is 1.83. The Morgan fingerprint density at radius 3 is 2.25 bits per heavy atom. The van der Waals surface area contributed by atoms with Crippen LogP contribution in [-0.2, 0) is 0 Å². The summed E-state index contributed by atoms with van der Waals surface area (Å²) in [6, 6.07) is 24.0. The summed E-state index contributed by atoms with van der Waals surface area (Å²) >= 11 is 0. The van der Waals surface area contributed by atoms with Gasteiger partial charge in [-0.15, -0.1) is 0 Å². The van der Waals surface area contributed by atoms with Crippen molar-refractivity contribution < 1.29 is 4.79 Å². The Bertz CT molecular complexity index is 1110. The van der Waals surface area contributed by atoms with E-state index in [1.54, 1.807) is 0 Å². The third-order valence-electron chi connectivity index (χ3n) is 4.66. The lowest BCUT2D eigenvalue weighted by molar-refractivity contribution is 0.104. The van der Waals surface area contributed by atoms with E-state index in [9.17, 15) is 4.79 Å². The fourth-order valence-corrected chi connectivity index (χ4v) is 3.52. The fourth-order valence-electron chi connectivity index (χ4n) is 3.52. The third kappa shape index (κ3) is 1.77. The molecule has 0 unspecified atom stereocenters. The molecule has 0 saturated heterocycles. The zero-order valence-corrected chi connectivity index (χ0v) is 12.9. The Balaban J connectivity index is 1.83. The third-order valence-corrected chi connectivity index (χ3v) is 4.66. The highest BCUT2D eigenvalue weighted by Gasteiger charge is 2.27. The Morgan fingerprint density at radius 2 is 1.42 bits per heavy atom. The number of hydrogen-bond donors (Lipinski definition) is 0. The number of hydrogen-bond acceptors (Lipinski definition) is 2. The topological polar surface area (TPSA) is 30.0 Å². The second kappa shape index (κ2) is 4.87. The van der Waals surface area contributed by atoms with Crippen LogP contribution in [0.4, 0.5) is 0 Å². The average molecular weight is 307 g/mol. The summed E-state index contributed by atoms with van der Waals surface area (Å²) in [5, 5.41) is 2.12. The second-order valence-electron chi connectivity index (χ2n) is 6.02. The minimum atomic E-state index is 0.102. The van der Waals surface area contributed by atoms with Gasteiger partial charge in [0.2, 0.25) is 0 Å². The van der Waals surface area contributed by atoms with Crippen molar-refractivity contribution in [2.45, 2.75) is 0 Å². The van der Waals surface area contributed by atoms with E-state index in [4.69, 9.17) is 0 Å².